The molecular weight excluding hydrogens is 402 g/mol. The lowest BCUT2D eigenvalue weighted by molar-refractivity contribution is -0.132. The molecule has 7 heteroatoms. The molecular formula is C19H14BrNO5. The molecule has 0 aromatic heterocycles. The van der Waals surface area contributed by atoms with Crippen LogP contribution >= 0.6 is 15.9 Å². The standard InChI is InChI=1S/C19H14BrNO5/c1-11(22)25-17-14(20)8-12(10-16(17)24-2)9-15-19(23)26-18(21-15)13-6-4-3-5-7-13/h3-10H,1-2H3/b15-9-. The summed E-state index contributed by atoms with van der Waals surface area (Å²) in [4.78, 5) is 27.6. The van der Waals surface area contributed by atoms with E-state index in [1.807, 2.05) is 30.3 Å². The van der Waals surface area contributed by atoms with Gasteiger partial charge in [-0.2, -0.15) is 0 Å². The lowest BCUT2D eigenvalue weighted by atomic mass is 10.1. The van der Waals surface area contributed by atoms with E-state index < -0.39 is 11.9 Å². The first-order valence-corrected chi connectivity index (χ1v) is 8.41. The highest BCUT2D eigenvalue weighted by atomic mass is 79.9. The van der Waals surface area contributed by atoms with Crippen LogP contribution in [0.1, 0.15) is 18.1 Å². The molecule has 0 aliphatic carbocycles. The predicted molar refractivity (Wildman–Crippen MR) is 99.1 cm³/mol. The molecule has 0 saturated heterocycles. The maximum absolute atomic E-state index is 12.1. The normalized spacial score (nSPS) is 14.8. The number of aliphatic imine (C=N–C) groups is 1. The largest absolute Gasteiger partial charge is 0.493 e. The molecule has 0 amide bonds. The zero-order chi connectivity index (χ0) is 18.7. The van der Waals surface area contributed by atoms with Crippen LogP contribution in [0.25, 0.3) is 6.08 Å². The van der Waals surface area contributed by atoms with Gasteiger partial charge >= 0.3 is 11.9 Å². The number of carbonyl (C=O) groups excluding carboxylic acids is 2. The van der Waals surface area contributed by atoms with Crippen LogP contribution < -0.4 is 9.47 Å². The topological polar surface area (TPSA) is 74.2 Å². The van der Waals surface area contributed by atoms with Crippen molar-refractivity contribution < 1.29 is 23.8 Å². The van der Waals surface area contributed by atoms with Gasteiger partial charge in [0, 0.05) is 12.5 Å². The Kier molecular flexibility index (Phi) is 5.18. The Bertz CT molecular complexity index is 934. The molecule has 2 aromatic carbocycles. The molecule has 0 unspecified atom stereocenters. The third-order valence-corrected chi connectivity index (χ3v) is 4.03. The van der Waals surface area contributed by atoms with E-state index in [1.54, 1.807) is 18.2 Å². The number of rotatable bonds is 4. The van der Waals surface area contributed by atoms with Gasteiger partial charge in [-0.3, -0.25) is 4.79 Å². The Morgan fingerprint density at radius 2 is 1.96 bits per heavy atom. The van der Waals surface area contributed by atoms with Gasteiger partial charge in [0.2, 0.25) is 5.90 Å². The first kappa shape index (κ1) is 17.9. The minimum absolute atomic E-state index is 0.165. The quantitative estimate of drug-likeness (QED) is 0.432. The molecule has 1 aliphatic heterocycles. The minimum Gasteiger partial charge on any atom is -0.493 e. The van der Waals surface area contributed by atoms with E-state index in [4.69, 9.17) is 14.2 Å². The first-order valence-electron chi connectivity index (χ1n) is 7.62. The van der Waals surface area contributed by atoms with E-state index in [-0.39, 0.29) is 17.3 Å². The van der Waals surface area contributed by atoms with Gasteiger partial charge in [0.25, 0.3) is 0 Å². The van der Waals surface area contributed by atoms with Gasteiger partial charge in [0.1, 0.15) is 0 Å². The second-order valence-electron chi connectivity index (χ2n) is 5.33. The number of esters is 2. The Morgan fingerprint density at radius 3 is 2.62 bits per heavy atom. The summed E-state index contributed by atoms with van der Waals surface area (Å²) in [5.74, 6) is -0.135. The highest BCUT2D eigenvalue weighted by molar-refractivity contribution is 9.10. The maximum Gasteiger partial charge on any atom is 0.363 e. The SMILES string of the molecule is COc1cc(/C=C2\N=C(c3ccccc3)OC2=O)cc(Br)c1OC(C)=O. The molecule has 1 heterocycles. The maximum atomic E-state index is 12.1. The van der Waals surface area contributed by atoms with E-state index in [2.05, 4.69) is 20.9 Å². The van der Waals surface area contributed by atoms with Crippen molar-refractivity contribution in [1.29, 1.82) is 0 Å². The number of halogens is 1. The molecule has 0 atom stereocenters. The van der Waals surface area contributed by atoms with Crippen molar-refractivity contribution in [2.45, 2.75) is 6.92 Å². The van der Waals surface area contributed by atoms with Gasteiger partial charge in [-0.05, 0) is 51.8 Å². The van der Waals surface area contributed by atoms with Crippen LogP contribution in [0.4, 0.5) is 0 Å². The number of benzene rings is 2. The van der Waals surface area contributed by atoms with Crippen molar-refractivity contribution >= 4 is 39.8 Å². The molecule has 0 saturated carbocycles. The summed E-state index contributed by atoms with van der Waals surface area (Å²) in [5.41, 5.74) is 1.51. The molecule has 0 spiro atoms. The Morgan fingerprint density at radius 1 is 1.23 bits per heavy atom. The molecule has 0 N–H and O–H groups in total. The van der Waals surface area contributed by atoms with Gasteiger partial charge in [0.05, 0.1) is 11.6 Å². The van der Waals surface area contributed by atoms with Gasteiger partial charge in [-0.25, -0.2) is 9.79 Å². The number of ether oxygens (including phenoxy) is 3. The van der Waals surface area contributed by atoms with Gasteiger partial charge in [-0.1, -0.05) is 18.2 Å². The second-order valence-corrected chi connectivity index (χ2v) is 6.18. The Hall–Kier alpha value is -2.93. The summed E-state index contributed by atoms with van der Waals surface area (Å²) < 4.78 is 16.1. The summed E-state index contributed by atoms with van der Waals surface area (Å²) in [6, 6.07) is 12.5. The predicted octanol–water partition coefficient (Wildman–Crippen LogP) is 3.73. The fraction of sp³-hybridized carbons (Fsp3) is 0.105. The Labute approximate surface area is 158 Å². The van der Waals surface area contributed by atoms with Crippen molar-refractivity contribution in [2.24, 2.45) is 4.99 Å². The van der Waals surface area contributed by atoms with E-state index in [0.717, 1.165) is 0 Å². The van der Waals surface area contributed by atoms with Crippen molar-refractivity contribution in [3.63, 3.8) is 0 Å². The second kappa shape index (κ2) is 7.53. The van der Waals surface area contributed by atoms with E-state index in [9.17, 15) is 9.59 Å². The number of methoxy groups -OCH3 is 1. The number of hydrogen-bond donors (Lipinski definition) is 0. The minimum atomic E-state index is -0.539. The fourth-order valence-electron chi connectivity index (χ4n) is 2.34. The summed E-state index contributed by atoms with van der Waals surface area (Å²) >= 11 is 3.34. The van der Waals surface area contributed by atoms with E-state index >= 15 is 0 Å². The smallest absolute Gasteiger partial charge is 0.363 e. The molecule has 132 valence electrons. The highest BCUT2D eigenvalue weighted by Gasteiger charge is 2.24. The first-order chi connectivity index (χ1) is 12.5. The monoisotopic (exact) mass is 415 g/mol. The molecule has 0 radical (unpaired) electrons. The fourth-order valence-corrected chi connectivity index (χ4v) is 2.88. The van der Waals surface area contributed by atoms with E-state index in [0.29, 0.717) is 21.3 Å². The average Bonchev–Trinajstić information content (AvgIpc) is 2.98. The van der Waals surface area contributed by atoms with Gasteiger partial charge in [0.15, 0.2) is 17.2 Å². The zero-order valence-electron chi connectivity index (χ0n) is 14.0. The van der Waals surface area contributed by atoms with Crippen molar-refractivity contribution in [1.82, 2.24) is 0 Å². The molecule has 1 aliphatic rings. The van der Waals surface area contributed by atoms with Crippen molar-refractivity contribution in [3.8, 4) is 11.5 Å². The number of carbonyl (C=O) groups is 2. The van der Waals surface area contributed by atoms with E-state index in [1.165, 1.54) is 14.0 Å². The van der Waals surface area contributed by atoms with Crippen LogP contribution in [0.3, 0.4) is 0 Å². The van der Waals surface area contributed by atoms with Crippen LogP contribution in [0, 0.1) is 0 Å². The molecule has 3 rings (SSSR count). The molecule has 2 aromatic rings. The number of hydrogen-bond acceptors (Lipinski definition) is 6. The highest BCUT2D eigenvalue weighted by Crippen LogP contribution is 2.37. The third-order valence-electron chi connectivity index (χ3n) is 3.44. The summed E-state index contributed by atoms with van der Waals surface area (Å²) in [6.07, 6.45) is 1.57. The average molecular weight is 416 g/mol. The van der Waals surface area contributed by atoms with Crippen LogP contribution in [-0.4, -0.2) is 24.9 Å². The summed E-state index contributed by atoms with van der Waals surface area (Å²) in [7, 11) is 1.46. The van der Waals surface area contributed by atoms with Crippen LogP contribution in [0.15, 0.2) is 57.6 Å². The molecule has 0 fully saturated rings. The van der Waals surface area contributed by atoms with Gasteiger partial charge in [-0.15, -0.1) is 0 Å². The lowest BCUT2D eigenvalue weighted by Crippen LogP contribution is -2.05. The van der Waals surface area contributed by atoms with Crippen LogP contribution in [0.5, 0.6) is 11.5 Å². The van der Waals surface area contributed by atoms with Crippen molar-refractivity contribution in [2.75, 3.05) is 7.11 Å². The molecule has 26 heavy (non-hydrogen) atoms. The third kappa shape index (κ3) is 3.83. The summed E-state index contributed by atoms with van der Waals surface area (Å²) in [5, 5.41) is 0. The van der Waals surface area contributed by atoms with Gasteiger partial charge < -0.3 is 14.2 Å². The number of cyclic esters (lactones) is 1. The summed E-state index contributed by atoms with van der Waals surface area (Å²) in [6.45, 7) is 1.30. The number of nitrogens with zero attached hydrogens (tertiary/aromatic N) is 1. The van der Waals surface area contributed by atoms with Crippen LogP contribution in [-0.2, 0) is 14.3 Å². The van der Waals surface area contributed by atoms with Crippen molar-refractivity contribution in [3.05, 3.63) is 63.8 Å². The van der Waals surface area contributed by atoms with Crippen LogP contribution in [0.2, 0.25) is 0 Å². The molecule has 6 nitrogen and oxygen atoms in total. The Balaban J connectivity index is 1.97. The zero-order valence-corrected chi connectivity index (χ0v) is 15.6. The lowest BCUT2D eigenvalue weighted by Gasteiger charge is -2.11. The molecule has 0 bridgehead atoms.